The standard InChI is InChI=1S/C8H11ClN4OS/c1-5-8(14)10-2-3-13(5)4-6-7(9)15-12-11-6/h5H,2-4H2,1H3,(H,10,14). The lowest BCUT2D eigenvalue weighted by atomic mass is 10.2. The molecular weight excluding hydrogens is 236 g/mol. The van der Waals surface area contributed by atoms with Gasteiger partial charge >= 0.3 is 0 Å². The van der Waals surface area contributed by atoms with Crippen LogP contribution in [0.5, 0.6) is 0 Å². The van der Waals surface area contributed by atoms with Gasteiger partial charge in [-0.15, -0.1) is 5.10 Å². The van der Waals surface area contributed by atoms with Crippen LogP contribution < -0.4 is 5.32 Å². The van der Waals surface area contributed by atoms with Crippen molar-refractivity contribution in [3.05, 3.63) is 10.0 Å². The maximum Gasteiger partial charge on any atom is 0.237 e. The molecule has 1 aromatic rings. The number of amides is 1. The van der Waals surface area contributed by atoms with Crippen molar-refractivity contribution in [2.75, 3.05) is 13.1 Å². The van der Waals surface area contributed by atoms with E-state index < -0.39 is 0 Å². The number of nitrogens with zero attached hydrogens (tertiary/aromatic N) is 3. The van der Waals surface area contributed by atoms with Crippen LogP contribution in [-0.2, 0) is 11.3 Å². The highest BCUT2D eigenvalue weighted by Gasteiger charge is 2.26. The second-order valence-corrected chi connectivity index (χ2v) is 4.79. The summed E-state index contributed by atoms with van der Waals surface area (Å²) in [4.78, 5) is 13.4. The molecule has 5 nitrogen and oxygen atoms in total. The lowest BCUT2D eigenvalue weighted by molar-refractivity contribution is -0.128. The van der Waals surface area contributed by atoms with E-state index in [-0.39, 0.29) is 11.9 Å². The van der Waals surface area contributed by atoms with Crippen LogP contribution in [0.1, 0.15) is 12.6 Å². The van der Waals surface area contributed by atoms with E-state index in [4.69, 9.17) is 11.6 Å². The van der Waals surface area contributed by atoms with Crippen LogP contribution in [0, 0.1) is 0 Å². The fourth-order valence-corrected chi connectivity index (χ4v) is 2.14. The Bertz CT molecular complexity index is 369. The van der Waals surface area contributed by atoms with Crippen molar-refractivity contribution < 1.29 is 4.79 Å². The summed E-state index contributed by atoms with van der Waals surface area (Å²) in [6, 6.07) is -0.128. The van der Waals surface area contributed by atoms with Crippen LogP contribution in [0.25, 0.3) is 0 Å². The Morgan fingerprint density at radius 1 is 1.73 bits per heavy atom. The van der Waals surface area contributed by atoms with Crippen LogP contribution in [0.2, 0.25) is 4.34 Å². The van der Waals surface area contributed by atoms with Gasteiger partial charge in [0.1, 0.15) is 10.0 Å². The summed E-state index contributed by atoms with van der Waals surface area (Å²) in [5.74, 6) is 0.0561. The second kappa shape index (κ2) is 4.42. The van der Waals surface area contributed by atoms with Crippen LogP contribution in [-0.4, -0.2) is 39.5 Å². The van der Waals surface area contributed by atoms with E-state index in [0.717, 1.165) is 12.2 Å². The average molecular weight is 247 g/mol. The first-order valence-electron chi connectivity index (χ1n) is 4.67. The Labute approximate surface area is 96.6 Å². The summed E-state index contributed by atoms with van der Waals surface area (Å²) in [5, 5.41) is 6.74. The summed E-state index contributed by atoms with van der Waals surface area (Å²) < 4.78 is 4.37. The minimum Gasteiger partial charge on any atom is -0.353 e. The molecule has 82 valence electrons. The Hall–Kier alpha value is -0.720. The number of hydrogen-bond acceptors (Lipinski definition) is 5. The van der Waals surface area contributed by atoms with Gasteiger partial charge in [0.25, 0.3) is 0 Å². The second-order valence-electron chi connectivity index (χ2n) is 3.43. The van der Waals surface area contributed by atoms with Gasteiger partial charge in [0.15, 0.2) is 0 Å². The van der Waals surface area contributed by atoms with Gasteiger partial charge < -0.3 is 5.32 Å². The van der Waals surface area contributed by atoms with Crippen molar-refractivity contribution in [3.8, 4) is 0 Å². The van der Waals surface area contributed by atoms with Crippen molar-refractivity contribution in [1.29, 1.82) is 0 Å². The molecule has 0 aromatic carbocycles. The molecule has 1 N–H and O–H groups in total. The summed E-state index contributed by atoms with van der Waals surface area (Å²) in [6.07, 6.45) is 0. The molecule has 1 aliphatic rings. The van der Waals surface area contributed by atoms with Gasteiger partial charge in [0.05, 0.1) is 6.04 Å². The molecule has 1 amide bonds. The highest BCUT2D eigenvalue weighted by molar-refractivity contribution is 7.10. The van der Waals surface area contributed by atoms with Gasteiger partial charge in [-0.05, 0) is 6.92 Å². The van der Waals surface area contributed by atoms with Crippen molar-refractivity contribution in [3.63, 3.8) is 0 Å². The lowest BCUT2D eigenvalue weighted by Gasteiger charge is -2.31. The van der Waals surface area contributed by atoms with Crippen LogP contribution >= 0.6 is 23.1 Å². The van der Waals surface area contributed by atoms with Crippen molar-refractivity contribution in [2.24, 2.45) is 0 Å². The zero-order valence-electron chi connectivity index (χ0n) is 8.23. The quantitative estimate of drug-likeness (QED) is 0.826. The number of piperazine rings is 1. The van der Waals surface area contributed by atoms with E-state index in [9.17, 15) is 4.79 Å². The molecule has 15 heavy (non-hydrogen) atoms. The maximum absolute atomic E-state index is 11.4. The molecule has 1 aliphatic heterocycles. The first-order valence-corrected chi connectivity index (χ1v) is 5.82. The van der Waals surface area contributed by atoms with E-state index in [1.807, 2.05) is 11.8 Å². The summed E-state index contributed by atoms with van der Waals surface area (Å²) >= 11 is 7.08. The number of rotatable bonds is 2. The summed E-state index contributed by atoms with van der Waals surface area (Å²) in [6.45, 7) is 3.96. The number of halogens is 1. The van der Waals surface area contributed by atoms with Crippen molar-refractivity contribution in [1.82, 2.24) is 19.8 Å². The molecule has 0 radical (unpaired) electrons. The Balaban J connectivity index is 2.05. The normalized spacial score (nSPS) is 22.8. The van der Waals surface area contributed by atoms with Crippen LogP contribution in [0.3, 0.4) is 0 Å². The predicted octanol–water partition coefficient (Wildman–Crippen LogP) is 0.512. The Kier molecular flexibility index (Phi) is 3.18. The number of nitrogens with one attached hydrogen (secondary N) is 1. The third-order valence-corrected chi connectivity index (χ3v) is 3.47. The highest BCUT2D eigenvalue weighted by Crippen LogP contribution is 2.20. The lowest BCUT2D eigenvalue weighted by Crippen LogP contribution is -2.53. The molecule has 1 saturated heterocycles. The van der Waals surface area contributed by atoms with Gasteiger partial charge in [0.2, 0.25) is 5.91 Å². The first-order chi connectivity index (χ1) is 7.18. The average Bonchev–Trinajstić information content (AvgIpc) is 2.60. The molecule has 7 heteroatoms. The predicted molar refractivity (Wildman–Crippen MR) is 57.8 cm³/mol. The van der Waals surface area contributed by atoms with Gasteiger partial charge in [-0.2, -0.15) is 0 Å². The minimum atomic E-state index is -0.128. The van der Waals surface area contributed by atoms with E-state index in [2.05, 4.69) is 14.9 Å². The zero-order chi connectivity index (χ0) is 10.8. The van der Waals surface area contributed by atoms with Crippen molar-refractivity contribution in [2.45, 2.75) is 19.5 Å². The molecule has 1 aromatic heterocycles. The SMILES string of the molecule is CC1C(=O)NCCN1Cc1nnsc1Cl. The summed E-state index contributed by atoms with van der Waals surface area (Å²) in [5.41, 5.74) is 0.753. The first kappa shape index (κ1) is 10.8. The zero-order valence-corrected chi connectivity index (χ0v) is 9.81. The minimum absolute atomic E-state index is 0.0561. The molecule has 0 bridgehead atoms. The fraction of sp³-hybridized carbons (Fsp3) is 0.625. The number of carbonyl (C=O) groups excluding carboxylic acids is 1. The molecule has 2 rings (SSSR count). The van der Waals surface area contributed by atoms with E-state index in [1.165, 1.54) is 11.5 Å². The molecule has 0 saturated carbocycles. The van der Waals surface area contributed by atoms with E-state index in [0.29, 0.717) is 17.4 Å². The van der Waals surface area contributed by atoms with Crippen molar-refractivity contribution >= 4 is 29.0 Å². The molecule has 2 heterocycles. The monoisotopic (exact) mass is 246 g/mol. The third kappa shape index (κ3) is 2.27. The highest BCUT2D eigenvalue weighted by atomic mass is 35.5. The topological polar surface area (TPSA) is 58.1 Å². The third-order valence-electron chi connectivity index (χ3n) is 2.49. The molecule has 0 aliphatic carbocycles. The number of aromatic nitrogens is 2. The Morgan fingerprint density at radius 3 is 3.20 bits per heavy atom. The van der Waals surface area contributed by atoms with E-state index in [1.54, 1.807) is 0 Å². The van der Waals surface area contributed by atoms with Gasteiger partial charge in [-0.1, -0.05) is 16.1 Å². The number of carbonyl (C=O) groups is 1. The van der Waals surface area contributed by atoms with Gasteiger partial charge in [0, 0.05) is 31.2 Å². The molecule has 1 atom stereocenters. The molecule has 0 spiro atoms. The number of hydrogen-bond donors (Lipinski definition) is 1. The smallest absolute Gasteiger partial charge is 0.237 e. The van der Waals surface area contributed by atoms with Crippen LogP contribution in [0.4, 0.5) is 0 Å². The van der Waals surface area contributed by atoms with E-state index >= 15 is 0 Å². The van der Waals surface area contributed by atoms with Gasteiger partial charge in [-0.25, -0.2) is 0 Å². The molecule has 1 unspecified atom stereocenters. The largest absolute Gasteiger partial charge is 0.353 e. The van der Waals surface area contributed by atoms with Crippen LogP contribution in [0.15, 0.2) is 0 Å². The summed E-state index contributed by atoms with van der Waals surface area (Å²) in [7, 11) is 0. The Morgan fingerprint density at radius 2 is 2.53 bits per heavy atom. The molecular formula is C8H11ClN4OS. The fourth-order valence-electron chi connectivity index (χ4n) is 1.53. The molecule has 1 fully saturated rings. The maximum atomic E-state index is 11.4. The van der Waals surface area contributed by atoms with Gasteiger partial charge in [-0.3, -0.25) is 9.69 Å².